The minimum atomic E-state index is -0.0592. The van der Waals surface area contributed by atoms with Gasteiger partial charge in [-0.1, -0.05) is 65.7 Å². The van der Waals surface area contributed by atoms with Gasteiger partial charge < -0.3 is 5.11 Å². The van der Waals surface area contributed by atoms with Crippen LogP contribution in [-0.2, 0) is 12.5 Å². The lowest BCUT2D eigenvalue weighted by Crippen LogP contribution is -1.82. The van der Waals surface area contributed by atoms with Gasteiger partial charge in [0.15, 0.2) is 0 Å². The van der Waals surface area contributed by atoms with Gasteiger partial charge in [0.1, 0.15) is 6.29 Å². The van der Waals surface area contributed by atoms with Crippen LogP contribution in [-0.4, -0.2) is 36.3 Å². The summed E-state index contributed by atoms with van der Waals surface area (Å²) in [6.45, 7) is 36.6. The van der Waals surface area contributed by atoms with Crippen molar-refractivity contribution in [2.45, 2.75) is 49.6 Å². The van der Waals surface area contributed by atoms with Crippen LogP contribution in [0.15, 0.2) is 103 Å². The second kappa shape index (κ2) is 34.8. The zero-order valence-corrected chi connectivity index (χ0v) is 27.9. The molecule has 0 aliphatic carbocycles. The van der Waals surface area contributed by atoms with Gasteiger partial charge in [-0.3, -0.25) is 29.7 Å². The second-order valence-corrected chi connectivity index (χ2v) is 9.77. The normalized spacial score (nSPS) is 7.74. The maximum Gasteiger partial charge on any atom is 0.206 e. The SMILES string of the molecule is C.C.C.C.C.[C-]#[N+]c1cncc(Br)c1.[C-]#[N+]c1cncc(C=C)c1.[C-]#[N+]c1cncc(C=O)c1.[C-]#[N+]c1cncc(CCl)c1.[C-]#[N+]c1cncc(CO)c1. The highest BCUT2D eigenvalue weighted by Crippen LogP contribution is 2.16. The topological polar surface area (TPSA) is 124 Å². The Balaban J connectivity index is -0.000000181. The van der Waals surface area contributed by atoms with Gasteiger partial charge in [0.25, 0.3) is 0 Å². The first-order valence-corrected chi connectivity index (χ1v) is 14.6. The maximum absolute atomic E-state index is 10.1. The van der Waals surface area contributed by atoms with Gasteiger partial charge in [0, 0.05) is 77.9 Å². The van der Waals surface area contributed by atoms with Crippen LogP contribution in [0.3, 0.4) is 0 Å². The smallest absolute Gasteiger partial charge is 0.206 e. The Morgan fingerprint density at radius 2 is 0.926 bits per heavy atom. The number of aliphatic hydroxyl groups is 1. The van der Waals surface area contributed by atoms with Gasteiger partial charge >= 0.3 is 0 Å². The molecule has 280 valence electrons. The van der Waals surface area contributed by atoms with E-state index in [0.717, 1.165) is 15.6 Å². The van der Waals surface area contributed by atoms with Crippen molar-refractivity contribution in [2.75, 3.05) is 0 Å². The van der Waals surface area contributed by atoms with Gasteiger partial charge in [-0.25, -0.2) is 24.2 Å². The van der Waals surface area contributed by atoms with Gasteiger partial charge in [-0.15, -0.1) is 11.6 Å². The summed E-state index contributed by atoms with van der Waals surface area (Å²) in [5, 5.41) is 8.61. The van der Waals surface area contributed by atoms with E-state index in [-0.39, 0.29) is 43.7 Å². The molecule has 0 saturated heterocycles. The third kappa shape index (κ3) is 23.7. The van der Waals surface area contributed by atoms with E-state index in [1.165, 1.54) is 49.4 Å². The minimum absolute atomic E-state index is 0. The fraction of sp³-hybridized carbons (Fsp3) is 0.175. The Kier molecular flexibility index (Phi) is 36.5. The third-order valence-corrected chi connectivity index (χ3v) is 5.84. The molecule has 0 atom stereocenters. The molecule has 0 fully saturated rings. The number of halogens is 2. The van der Waals surface area contributed by atoms with E-state index < -0.39 is 0 Å². The predicted octanol–water partition coefficient (Wildman–Crippen LogP) is 12.8. The van der Waals surface area contributed by atoms with Crippen LogP contribution in [0.1, 0.15) is 64.2 Å². The summed E-state index contributed by atoms with van der Waals surface area (Å²) in [7, 11) is 0. The molecule has 0 saturated carbocycles. The number of aliphatic hydroxyl groups excluding tert-OH is 1. The highest BCUT2D eigenvalue weighted by Gasteiger charge is 1.94. The standard InChI is InChI=1S/C8H6N2.C7H5ClN2.C7H6N2O.C7H4N2O.C6H3BrN2.5CH4/c1-3-7-4-8(9-2)6-10-5-7;1-9-7-2-6(3-8)4-10-5-7;2*1-8-7-2-6(5-10)3-9-4-7;1-8-6-2-5(7)3-9-4-6;;;;;/h3-6H,1H2;2,4-5H,3H2;2-4,10H,5H2;2-5H;2-4H;5*1H4. The highest BCUT2D eigenvalue weighted by molar-refractivity contribution is 9.10. The van der Waals surface area contributed by atoms with Crippen molar-refractivity contribution in [1.82, 2.24) is 24.9 Å². The predicted molar refractivity (Wildman–Crippen MR) is 225 cm³/mol. The monoisotopic (exact) mass is 810 g/mol. The van der Waals surface area contributed by atoms with E-state index in [2.05, 4.69) is 71.7 Å². The van der Waals surface area contributed by atoms with E-state index in [1.54, 1.807) is 48.9 Å². The molecule has 0 spiro atoms. The molecular weight excluding hydrogens is 768 g/mol. The van der Waals surface area contributed by atoms with Crippen molar-refractivity contribution in [3.05, 3.63) is 183 Å². The van der Waals surface area contributed by atoms with Crippen molar-refractivity contribution in [3.8, 4) is 0 Å². The number of pyridine rings is 5. The Hall–Kier alpha value is -6.66. The molecule has 0 aliphatic rings. The van der Waals surface area contributed by atoms with Crippen LogP contribution >= 0.6 is 27.5 Å². The molecule has 0 aliphatic heterocycles. The number of rotatable bonds is 4. The van der Waals surface area contributed by atoms with Crippen molar-refractivity contribution in [3.63, 3.8) is 0 Å². The van der Waals surface area contributed by atoms with Crippen LogP contribution < -0.4 is 0 Å². The van der Waals surface area contributed by atoms with E-state index in [1.807, 2.05) is 0 Å². The number of hydrogen-bond acceptors (Lipinski definition) is 7. The third-order valence-electron chi connectivity index (χ3n) is 5.10. The molecule has 0 amide bonds. The van der Waals surface area contributed by atoms with Crippen LogP contribution in [0, 0.1) is 32.9 Å². The lowest BCUT2D eigenvalue weighted by molar-refractivity contribution is 0.112. The number of carbonyl (C=O) groups is 1. The molecule has 5 aromatic rings. The van der Waals surface area contributed by atoms with Crippen LogP contribution in [0.25, 0.3) is 30.3 Å². The van der Waals surface area contributed by atoms with Crippen molar-refractivity contribution in [1.29, 1.82) is 0 Å². The lowest BCUT2D eigenvalue weighted by atomic mass is 10.3. The van der Waals surface area contributed by atoms with Gasteiger partial charge in [-0.2, -0.15) is 0 Å². The molecule has 54 heavy (non-hydrogen) atoms. The fourth-order valence-corrected chi connectivity index (χ4v) is 3.38. The Morgan fingerprint density at radius 1 is 0.574 bits per heavy atom. The summed E-state index contributed by atoms with van der Waals surface area (Å²) >= 11 is 8.71. The molecule has 12 nitrogen and oxygen atoms in total. The van der Waals surface area contributed by atoms with Crippen molar-refractivity contribution < 1.29 is 9.90 Å². The van der Waals surface area contributed by atoms with E-state index in [9.17, 15) is 4.79 Å². The number of carbonyl (C=O) groups excluding carboxylic acids is 1. The summed E-state index contributed by atoms with van der Waals surface area (Å²) < 4.78 is 0.844. The average molecular weight is 812 g/mol. The van der Waals surface area contributed by atoms with Crippen LogP contribution in [0.4, 0.5) is 28.4 Å². The fourth-order valence-electron chi connectivity index (χ4n) is 2.88. The maximum atomic E-state index is 10.1. The van der Waals surface area contributed by atoms with Gasteiger partial charge in [0.05, 0.1) is 39.5 Å². The number of nitrogens with zero attached hydrogens (tertiary/aromatic N) is 10. The Morgan fingerprint density at radius 3 is 1.30 bits per heavy atom. The molecule has 1 N–H and O–H groups in total. The second-order valence-electron chi connectivity index (χ2n) is 8.59. The zero-order valence-electron chi connectivity index (χ0n) is 25.5. The molecule has 5 heterocycles. The molecule has 0 radical (unpaired) electrons. The van der Waals surface area contributed by atoms with Crippen LogP contribution in [0.5, 0.6) is 0 Å². The molecule has 0 bridgehead atoms. The first-order chi connectivity index (χ1) is 23.8. The summed E-state index contributed by atoms with van der Waals surface area (Å²) in [5.74, 6) is 0.413. The van der Waals surface area contributed by atoms with Gasteiger partial charge in [0.2, 0.25) is 28.4 Å². The van der Waals surface area contributed by atoms with Gasteiger partial charge in [-0.05, 0) is 47.0 Å². The van der Waals surface area contributed by atoms with Crippen molar-refractivity contribution in [2.24, 2.45) is 0 Å². The average Bonchev–Trinajstić information content (AvgIpc) is 3.18. The number of hydrogen-bond donors (Lipinski definition) is 1. The molecule has 5 aromatic heterocycles. The minimum Gasteiger partial charge on any atom is -0.392 e. The summed E-state index contributed by atoms with van der Waals surface area (Å²) in [6, 6.07) is 8.30. The summed E-state index contributed by atoms with van der Waals surface area (Å²) in [5.41, 5.74) is 5.39. The highest BCUT2D eigenvalue weighted by atomic mass is 79.9. The summed E-state index contributed by atoms with van der Waals surface area (Å²) in [6.07, 6.45) is 17.7. The zero-order chi connectivity index (χ0) is 36.3. The quantitative estimate of drug-likeness (QED) is 0.109. The number of aromatic nitrogens is 5. The first kappa shape index (κ1) is 56.7. The molecule has 0 aromatic carbocycles. The van der Waals surface area contributed by atoms with E-state index in [4.69, 9.17) is 49.6 Å². The summed E-state index contributed by atoms with van der Waals surface area (Å²) in [4.78, 5) is 44.9. The largest absolute Gasteiger partial charge is 0.392 e. The Bertz CT molecular complexity index is 1920. The molecule has 14 heteroatoms. The van der Waals surface area contributed by atoms with E-state index >= 15 is 0 Å². The van der Waals surface area contributed by atoms with Crippen LogP contribution in [0.2, 0.25) is 0 Å². The van der Waals surface area contributed by atoms with Crippen molar-refractivity contribution >= 4 is 68.3 Å². The molecular formula is C40H44BrClN10O2. The van der Waals surface area contributed by atoms with E-state index in [0.29, 0.717) is 51.7 Å². The number of alkyl halides is 1. The molecule has 0 unspecified atom stereocenters. The number of aldehydes is 1. The molecule has 5 rings (SSSR count). The first-order valence-electron chi connectivity index (χ1n) is 13.3. The lowest BCUT2D eigenvalue weighted by Gasteiger charge is -1.92. The Labute approximate surface area is 334 Å².